The number of para-hydroxylation sites is 3. The molecule has 0 spiro atoms. The minimum atomic E-state index is -1.94. The predicted octanol–water partition coefficient (Wildman–Crippen LogP) is 18.5. The molecule has 0 saturated heterocycles. The first-order chi connectivity index (χ1) is 43.5. The van der Waals surface area contributed by atoms with Crippen molar-refractivity contribution in [2.75, 3.05) is 0 Å². The maximum atomic E-state index is 10.2. The summed E-state index contributed by atoms with van der Waals surface area (Å²) in [5.74, 6) is 1.44. The zero-order chi connectivity index (χ0) is 64.2. The molecule has 0 N–H and O–H groups in total. The van der Waals surface area contributed by atoms with Crippen LogP contribution in [0.1, 0.15) is 67.8 Å². The van der Waals surface area contributed by atoms with Crippen LogP contribution in [0.25, 0.3) is 94.5 Å². The number of pyridine rings is 1. The van der Waals surface area contributed by atoms with Gasteiger partial charge in [-0.1, -0.05) is 235 Å². The van der Waals surface area contributed by atoms with Gasteiger partial charge < -0.3 is 4.74 Å². The Morgan fingerprint density at radius 3 is 1.86 bits per heavy atom. The van der Waals surface area contributed by atoms with Gasteiger partial charge in [0, 0.05) is 31.3 Å². The molecular formula is C74H60N4O. The Labute approximate surface area is 479 Å². The van der Waals surface area contributed by atoms with Gasteiger partial charge in [-0.05, 0) is 121 Å². The van der Waals surface area contributed by atoms with Crippen LogP contribution in [-0.4, -0.2) is 14.1 Å². The van der Waals surface area contributed by atoms with E-state index in [0.717, 1.165) is 49.6 Å². The molecule has 0 aliphatic heterocycles. The van der Waals surface area contributed by atoms with E-state index in [2.05, 4.69) is 86.3 Å². The molecule has 0 atom stereocenters. The van der Waals surface area contributed by atoms with Gasteiger partial charge in [0.2, 0.25) is 0 Å². The minimum absolute atomic E-state index is 0.0938. The first kappa shape index (κ1) is 37.2. The number of rotatable bonds is 12. The normalized spacial score (nSPS) is 14.2. The van der Waals surface area contributed by atoms with Crippen LogP contribution in [0, 0.1) is 6.33 Å². The van der Waals surface area contributed by atoms with Crippen molar-refractivity contribution in [2.45, 2.75) is 51.8 Å². The van der Waals surface area contributed by atoms with Crippen LogP contribution in [0.3, 0.4) is 0 Å². The lowest BCUT2D eigenvalue weighted by molar-refractivity contribution is -0.571. The maximum absolute atomic E-state index is 10.2. The molecule has 0 radical (unpaired) electrons. The third-order valence-electron chi connectivity index (χ3n) is 14.6. The summed E-state index contributed by atoms with van der Waals surface area (Å²) in [7, 11) is 0. The van der Waals surface area contributed by atoms with E-state index in [9.17, 15) is 2.74 Å². The second kappa shape index (κ2) is 20.1. The molecule has 10 aromatic carbocycles. The van der Waals surface area contributed by atoms with Crippen molar-refractivity contribution in [2.24, 2.45) is 0 Å². The average Bonchev–Trinajstić information content (AvgIpc) is 1.60. The van der Waals surface area contributed by atoms with Gasteiger partial charge in [-0.2, -0.15) is 0 Å². The summed E-state index contributed by atoms with van der Waals surface area (Å²) in [6.07, 6.45) is 3.32. The first-order valence-corrected chi connectivity index (χ1v) is 26.3. The van der Waals surface area contributed by atoms with Crippen LogP contribution in [-0.2, 0) is 17.2 Å². The molecule has 79 heavy (non-hydrogen) atoms. The lowest BCUT2D eigenvalue weighted by Gasteiger charge is -2.27. The van der Waals surface area contributed by atoms with E-state index in [0.29, 0.717) is 45.2 Å². The van der Waals surface area contributed by atoms with Gasteiger partial charge in [-0.25, -0.2) is 4.98 Å². The summed E-state index contributed by atoms with van der Waals surface area (Å²) < 4.78 is 121. The lowest BCUT2D eigenvalue weighted by atomic mass is 9.78. The van der Waals surface area contributed by atoms with Crippen molar-refractivity contribution in [3.8, 4) is 73.2 Å². The van der Waals surface area contributed by atoms with E-state index in [1.165, 1.54) is 0 Å². The highest BCUT2D eigenvalue weighted by Crippen LogP contribution is 2.41. The summed E-state index contributed by atoms with van der Waals surface area (Å²) in [6, 6.07) is 56.5. The van der Waals surface area contributed by atoms with Crippen LogP contribution < -0.4 is 9.30 Å². The molecule has 0 unspecified atom stereocenters. The molecule has 382 valence electrons. The third kappa shape index (κ3) is 9.38. The summed E-state index contributed by atoms with van der Waals surface area (Å²) in [6.45, 7) is 10.4. The number of benzene rings is 10. The summed E-state index contributed by atoms with van der Waals surface area (Å²) in [5.41, 5.74) is 8.43. The van der Waals surface area contributed by atoms with Gasteiger partial charge in [0.15, 0.2) is 0 Å². The van der Waals surface area contributed by atoms with E-state index in [1.807, 2.05) is 135 Å². The minimum Gasteiger partial charge on any atom is -0.458 e. The van der Waals surface area contributed by atoms with Crippen LogP contribution >= 0.6 is 0 Å². The van der Waals surface area contributed by atoms with Gasteiger partial charge in [0.25, 0.3) is 6.33 Å². The summed E-state index contributed by atoms with van der Waals surface area (Å²) in [4.78, 5) is 5.23. The molecule has 0 fully saturated rings. The molecule has 13 rings (SSSR count). The van der Waals surface area contributed by atoms with Crippen LogP contribution in [0.4, 0.5) is 0 Å². The lowest BCUT2D eigenvalue weighted by Crippen LogP contribution is -2.31. The van der Waals surface area contributed by atoms with Crippen molar-refractivity contribution in [3.63, 3.8) is 0 Å². The SMILES string of the molecule is [2H]c1c([2H])c([2H])c(-c2cccc(-c3c([2H])c([2H])c([2H])c([2H])c3[2H])c2-[n+]2[c-]n(-c3cccc(Oc4ccc5c6cc(-c7ccccc7)ccc6n(-c6cc(C([2H])([2H])C(C)(C)c7ccccc7)c(-c7ccc(C(C)(C)C)cc7)cn6)c5c4)c3)c3ccccc32)c([2H])c1[2H]. The highest BCUT2D eigenvalue weighted by molar-refractivity contribution is 6.10. The Hall–Kier alpha value is -9.58. The average molecular weight is 1030 g/mol. The van der Waals surface area contributed by atoms with Crippen molar-refractivity contribution in [3.05, 3.63) is 284 Å². The molecular weight excluding hydrogens is 961 g/mol. The number of hydrogen-bond acceptors (Lipinski definition) is 2. The smallest absolute Gasteiger partial charge is 0.269 e. The standard InChI is InChI=1S/C74H60N4O/c1-73(2,3)57-39-36-54(37-40-57)66-49-75-71(45-56(66)48-74(4,5)58-28-16-9-17-29-58)78-67-43-38-55(51-22-10-6-11-23-51)44-65(67)64-42-41-61(47-70(64)78)79-60-31-20-30-59(46-60)76-50-77(69-35-19-18-34-68(69)76)72-62(52-24-12-7-13-25-52)32-21-33-63(72)53-26-14-8-15-27-53/h6-47,49H,48H2,1-5H3/i7D,8D,12D,13D,14D,15D,24D,25D,26D,27D,48D2. The second-order valence-electron chi connectivity index (χ2n) is 21.2. The van der Waals surface area contributed by atoms with E-state index in [-0.39, 0.29) is 33.4 Å². The fraction of sp³-hybridized carbons (Fsp3) is 0.108. The molecule has 3 aromatic heterocycles. The highest BCUT2D eigenvalue weighted by Gasteiger charge is 2.26. The second-order valence-corrected chi connectivity index (χ2v) is 21.2. The number of fused-ring (bicyclic) bond motifs is 4. The van der Waals surface area contributed by atoms with Crippen LogP contribution in [0.2, 0.25) is 0 Å². The summed E-state index contributed by atoms with van der Waals surface area (Å²) >= 11 is 0. The quantitative estimate of drug-likeness (QED) is 0.0903. The Kier molecular flexibility index (Phi) is 9.47. The van der Waals surface area contributed by atoms with Crippen LogP contribution in [0.5, 0.6) is 11.5 Å². The fourth-order valence-corrected chi connectivity index (χ4v) is 10.6. The van der Waals surface area contributed by atoms with Crippen molar-refractivity contribution in [1.82, 2.24) is 14.1 Å². The highest BCUT2D eigenvalue weighted by atomic mass is 16.5. The molecule has 0 bridgehead atoms. The number of aromatic nitrogens is 4. The monoisotopic (exact) mass is 1030 g/mol. The van der Waals surface area contributed by atoms with Crippen LogP contribution in [0.15, 0.2) is 261 Å². The first-order valence-electron chi connectivity index (χ1n) is 32.3. The van der Waals surface area contributed by atoms with Crippen molar-refractivity contribution >= 4 is 32.8 Å². The van der Waals surface area contributed by atoms with Gasteiger partial charge in [-0.15, -0.1) is 0 Å². The van der Waals surface area contributed by atoms with Gasteiger partial charge in [0.05, 0.1) is 47.1 Å². The molecule has 5 nitrogen and oxygen atoms in total. The largest absolute Gasteiger partial charge is 0.458 e. The predicted molar refractivity (Wildman–Crippen MR) is 326 cm³/mol. The molecule has 3 heterocycles. The Morgan fingerprint density at radius 1 is 0.506 bits per heavy atom. The molecule has 0 amide bonds. The number of ether oxygens (including phenoxy) is 1. The zero-order valence-corrected chi connectivity index (χ0v) is 44.2. The van der Waals surface area contributed by atoms with Crippen molar-refractivity contribution in [1.29, 1.82) is 0 Å². The molecule has 0 saturated carbocycles. The molecule has 0 aliphatic rings. The summed E-state index contributed by atoms with van der Waals surface area (Å²) in [5, 5.41) is 1.87. The van der Waals surface area contributed by atoms with Gasteiger partial charge in [0.1, 0.15) is 17.3 Å². The Bertz CT molecular complexity index is 4930. The Balaban J connectivity index is 0.972. The maximum Gasteiger partial charge on any atom is 0.269 e. The van der Waals surface area contributed by atoms with E-state index >= 15 is 0 Å². The number of hydrogen-bond donors (Lipinski definition) is 0. The van der Waals surface area contributed by atoms with Gasteiger partial charge >= 0.3 is 0 Å². The van der Waals surface area contributed by atoms with Crippen molar-refractivity contribution < 1.29 is 25.8 Å². The molecule has 0 aliphatic carbocycles. The van der Waals surface area contributed by atoms with E-state index < -0.39 is 72.2 Å². The topological polar surface area (TPSA) is 35.9 Å². The number of nitrogens with zero attached hydrogens (tertiary/aromatic N) is 4. The molecule has 5 heteroatoms. The van der Waals surface area contributed by atoms with Gasteiger partial charge in [-0.3, -0.25) is 13.7 Å². The Morgan fingerprint density at radius 2 is 1.15 bits per heavy atom. The molecule has 13 aromatic rings. The van der Waals surface area contributed by atoms with E-state index in [1.54, 1.807) is 33.5 Å². The fourth-order valence-electron chi connectivity index (χ4n) is 10.6. The van der Waals surface area contributed by atoms with E-state index in [4.69, 9.17) is 23.4 Å². The zero-order valence-electron chi connectivity index (χ0n) is 56.2. The third-order valence-corrected chi connectivity index (χ3v) is 14.6. The number of imidazole rings is 1.